The van der Waals surface area contributed by atoms with Crippen molar-refractivity contribution in [1.29, 1.82) is 0 Å². The van der Waals surface area contributed by atoms with Gasteiger partial charge in [-0.15, -0.1) is 6.42 Å². The molecular weight excluding hydrogens is 464 g/mol. The minimum absolute atomic E-state index is 0.0909. The van der Waals surface area contributed by atoms with Gasteiger partial charge < -0.3 is 18.9 Å². The SMILES string of the molecule is C#Cc1ccc(OS(=O)Nc2cccc(C(C3=C(O)C4(CCN(C)CC4)OC3=O)C3CC3)c2)cc1. The van der Waals surface area contributed by atoms with Crippen LogP contribution in [0, 0.1) is 18.3 Å². The highest BCUT2D eigenvalue weighted by Crippen LogP contribution is 2.52. The van der Waals surface area contributed by atoms with Crippen LogP contribution in [-0.2, 0) is 20.8 Å². The van der Waals surface area contributed by atoms with Crippen LogP contribution in [0.5, 0.6) is 5.75 Å². The number of terminal acetylenes is 1. The molecule has 0 aromatic heterocycles. The van der Waals surface area contributed by atoms with Gasteiger partial charge in [-0.1, -0.05) is 18.1 Å². The predicted molar refractivity (Wildman–Crippen MR) is 134 cm³/mol. The Labute approximate surface area is 207 Å². The highest BCUT2D eigenvalue weighted by Gasteiger charge is 2.53. The molecule has 0 bridgehead atoms. The van der Waals surface area contributed by atoms with Crippen molar-refractivity contribution >= 4 is 22.9 Å². The highest BCUT2D eigenvalue weighted by molar-refractivity contribution is 7.81. The smallest absolute Gasteiger partial charge is 0.339 e. The number of esters is 1. The Kier molecular flexibility index (Phi) is 6.30. The summed E-state index contributed by atoms with van der Waals surface area (Å²) in [6.07, 6.45) is 8.49. The summed E-state index contributed by atoms with van der Waals surface area (Å²) in [5, 5.41) is 11.3. The number of aliphatic hydroxyl groups excluding tert-OH is 1. The zero-order chi connectivity index (χ0) is 24.6. The van der Waals surface area contributed by atoms with Crippen LogP contribution in [0.3, 0.4) is 0 Å². The Balaban J connectivity index is 1.37. The Morgan fingerprint density at radius 2 is 1.94 bits per heavy atom. The van der Waals surface area contributed by atoms with Gasteiger partial charge in [0.15, 0.2) is 5.60 Å². The molecule has 2 aromatic carbocycles. The molecule has 1 saturated carbocycles. The maximum atomic E-state index is 13.0. The largest absolute Gasteiger partial charge is 0.507 e. The number of aliphatic hydroxyl groups is 1. The first-order chi connectivity index (χ1) is 16.9. The van der Waals surface area contributed by atoms with Crippen molar-refractivity contribution in [2.45, 2.75) is 37.2 Å². The summed E-state index contributed by atoms with van der Waals surface area (Å²) < 4.78 is 26.7. The maximum Gasteiger partial charge on any atom is 0.339 e. The zero-order valence-corrected chi connectivity index (χ0v) is 20.3. The fraction of sp³-hybridized carbons (Fsp3) is 0.370. The van der Waals surface area contributed by atoms with E-state index in [0.717, 1.165) is 31.5 Å². The number of benzene rings is 2. The molecule has 2 N–H and O–H groups in total. The molecule has 2 aliphatic heterocycles. The molecule has 2 fully saturated rings. The topological polar surface area (TPSA) is 88.1 Å². The first kappa shape index (κ1) is 23.5. The van der Waals surface area contributed by atoms with Crippen molar-refractivity contribution in [2.75, 3.05) is 24.9 Å². The number of carbonyl (C=O) groups is 1. The molecule has 2 unspecified atom stereocenters. The van der Waals surface area contributed by atoms with E-state index in [2.05, 4.69) is 15.5 Å². The summed E-state index contributed by atoms with van der Waals surface area (Å²) in [7, 11) is 2.02. The first-order valence-corrected chi connectivity index (χ1v) is 12.8. The van der Waals surface area contributed by atoms with Crippen LogP contribution in [0.1, 0.15) is 42.7 Å². The van der Waals surface area contributed by atoms with E-state index in [1.54, 1.807) is 30.3 Å². The number of rotatable bonds is 7. The molecular formula is C27H28N2O5S. The van der Waals surface area contributed by atoms with Gasteiger partial charge in [-0.2, -0.15) is 4.21 Å². The standard InChI is InChI=1S/C27H28N2O5S/c1-3-18-7-11-22(12-8-18)34-35(32)28-21-6-4-5-20(17-21)23(19-9-10-19)24-25(30)27(33-26(24)31)13-15-29(2)16-14-27/h1,4-8,11-12,17,19,23,28,30H,9-10,13-16H2,2H3. The summed E-state index contributed by atoms with van der Waals surface area (Å²) in [5.74, 6) is 2.60. The number of likely N-dealkylation sites (tertiary alicyclic amines) is 1. The summed E-state index contributed by atoms with van der Waals surface area (Å²) in [6, 6.07) is 14.2. The zero-order valence-electron chi connectivity index (χ0n) is 19.5. The monoisotopic (exact) mass is 492 g/mol. The molecule has 35 heavy (non-hydrogen) atoms. The quantitative estimate of drug-likeness (QED) is 0.448. The lowest BCUT2D eigenvalue weighted by Gasteiger charge is -2.36. The third kappa shape index (κ3) is 4.79. The predicted octanol–water partition coefficient (Wildman–Crippen LogP) is 4.06. The molecule has 182 valence electrons. The number of ether oxygens (including phenoxy) is 1. The maximum absolute atomic E-state index is 13.0. The molecule has 5 rings (SSSR count). The van der Waals surface area contributed by atoms with Gasteiger partial charge in [0.2, 0.25) is 0 Å². The minimum Gasteiger partial charge on any atom is -0.507 e. The van der Waals surface area contributed by atoms with Crippen molar-refractivity contribution in [3.8, 4) is 18.1 Å². The van der Waals surface area contributed by atoms with E-state index in [1.807, 2.05) is 25.2 Å². The molecule has 1 saturated heterocycles. The van der Waals surface area contributed by atoms with Gasteiger partial charge in [-0.3, -0.25) is 4.72 Å². The Hall–Kier alpha value is -3.28. The summed E-state index contributed by atoms with van der Waals surface area (Å²) in [4.78, 5) is 15.2. The van der Waals surface area contributed by atoms with Crippen molar-refractivity contribution in [3.05, 3.63) is 71.0 Å². The van der Waals surface area contributed by atoms with Crippen molar-refractivity contribution in [2.24, 2.45) is 5.92 Å². The Morgan fingerprint density at radius 3 is 2.60 bits per heavy atom. The molecule has 7 nitrogen and oxygen atoms in total. The van der Waals surface area contributed by atoms with Crippen LogP contribution in [0.4, 0.5) is 5.69 Å². The average molecular weight is 493 g/mol. The first-order valence-electron chi connectivity index (χ1n) is 11.8. The van der Waals surface area contributed by atoms with Gasteiger partial charge in [0.05, 0.1) is 5.57 Å². The van der Waals surface area contributed by atoms with Crippen LogP contribution in [0.25, 0.3) is 0 Å². The fourth-order valence-corrected chi connectivity index (χ4v) is 5.57. The molecule has 2 atom stereocenters. The fourth-order valence-electron chi connectivity index (χ4n) is 4.93. The van der Waals surface area contributed by atoms with E-state index in [9.17, 15) is 14.1 Å². The molecule has 2 aromatic rings. The van der Waals surface area contributed by atoms with Gasteiger partial charge in [0.1, 0.15) is 11.5 Å². The molecule has 0 amide bonds. The van der Waals surface area contributed by atoms with E-state index in [-0.39, 0.29) is 17.6 Å². The Morgan fingerprint density at radius 1 is 1.23 bits per heavy atom. The second-order valence-corrected chi connectivity index (χ2v) is 10.3. The van der Waals surface area contributed by atoms with Gasteiger partial charge >= 0.3 is 17.2 Å². The van der Waals surface area contributed by atoms with Crippen LogP contribution in [0.15, 0.2) is 59.9 Å². The number of anilines is 1. The lowest BCUT2D eigenvalue weighted by atomic mass is 9.82. The van der Waals surface area contributed by atoms with Crippen molar-refractivity contribution in [3.63, 3.8) is 0 Å². The van der Waals surface area contributed by atoms with Gasteiger partial charge in [-0.05, 0) is 67.8 Å². The second kappa shape index (κ2) is 9.40. The number of hydrogen-bond donors (Lipinski definition) is 2. The van der Waals surface area contributed by atoms with Gasteiger partial charge in [0, 0.05) is 43.1 Å². The summed E-state index contributed by atoms with van der Waals surface area (Å²) >= 11 is -1.83. The third-order valence-corrected chi connectivity index (χ3v) is 7.78. The van der Waals surface area contributed by atoms with Crippen molar-refractivity contribution in [1.82, 2.24) is 4.90 Å². The molecule has 2 heterocycles. The molecule has 1 aliphatic carbocycles. The number of piperidine rings is 1. The van der Waals surface area contributed by atoms with Crippen molar-refractivity contribution < 1.29 is 23.0 Å². The number of carbonyl (C=O) groups excluding carboxylic acids is 1. The molecule has 1 spiro atoms. The van der Waals surface area contributed by atoms with Crippen LogP contribution in [0.2, 0.25) is 0 Å². The summed E-state index contributed by atoms with van der Waals surface area (Å²) in [6.45, 7) is 1.52. The molecule has 8 heteroatoms. The number of nitrogens with one attached hydrogen (secondary N) is 1. The van der Waals surface area contributed by atoms with E-state index in [1.165, 1.54) is 0 Å². The van der Waals surface area contributed by atoms with E-state index >= 15 is 0 Å². The number of nitrogens with zero attached hydrogens (tertiary/aromatic N) is 1. The highest BCUT2D eigenvalue weighted by atomic mass is 32.2. The van der Waals surface area contributed by atoms with Gasteiger partial charge in [0.25, 0.3) is 0 Å². The molecule has 0 radical (unpaired) electrons. The summed E-state index contributed by atoms with van der Waals surface area (Å²) in [5.41, 5.74) is 1.63. The Bertz CT molecular complexity index is 1220. The lowest BCUT2D eigenvalue weighted by molar-refractivity contribution is -0.152. The molecule has 3 aliphatic rings. The number of hydrogen-bond acceptors (Lipinski definition) is 6. The van der Waals surface area contributed by atoms with Crippen LogP contribution >= 0.6 is 0 Å². The van der Waals surface area contributed by atoms with E-state index in [4.69, 9.17) is 15.3 Å². The van der Waals surface area contributed by atoms with E-state index in [0.29, 0.717) is 35.4 Å². The van der Waals surface area contributed by atoms with Crippen LogP contribution in [-0.4, -0.2) is 45.9 Å². The van der Waals surface area contributed by atoms with Crippen LogP contribution < -0.4 is 8.91 Å². The van der Waals surface area contributed by atoms with Gasteiger partial charge in [-0.25, -0.2) is 4.79 Å². The lowest BCUT2D eigenvalue weighted by Crippen LogP contribution is -2.44. The second-order valence-electron chi connectivity index (χ2n) is 9.48. The minimum atomic E-state index is -1.83. The normalized spacial score (nSPS) is 21.3. The average Bonchev–Trinajstić information content (AvgIpc) is 3.65. The van der Waals surface area contributed by atoms with E-state index < -0.39 is 22.8 Å². The third-order valence-electron chi connectivity index (χ3n) is 7.03.